The van der Waals surface area contributed by atoms with Gasteiger partial charge in [-0.3, -0.25) is 0 Å². The maximum atomic E-state index is 12.6. The van der Waals surface area contributed by atoms with Gasteiger partial charge in [-0.1, -0.05) is 54.6 Å². The summed E-state index contributed by atoms with van der Waals surface area (Å²) < 4.78 is 12.0. The molecule has 1 aromatic heterocycles. The third-order valence-corrected chi connectivity index (χ3v) is 6.14. The van der Waals surface area contributed by atoms with Crippen LogP contribution in [0, 0.1) is 0 Å². The number of aliphatic carboxylic acids is 1. The lowest BCUT2D eigenvalue weighted by Crippen LogP contribution is -2.28. The lowest BCUT2D eigenvalue weighted by atomic mass is 9.91. The molecule has 1 aliphatic rings. The number of fused-ring (bicyclic) bond motifs is 2. The third kappa shape index (κ3) is 4.64. The number of ether oxygens (including phenoxy) is 2. The summed E-state index contributed by atoms with van der Waals surface area (Å²) in [7, 11) is 0. The van der Waals surface area contributed by atoms with Gasteiger partial charge in [-0.25, -0.2) is 9.78 Å². The molecule has 1 aliphatic heterocycles. The summed E-state index contributed by atoms with van der Waals surface area (Å²) >= 11 is 0. The van der Waals surface area contributed by atoms with E-state index in [1.54, 1.807) is 0 Å². The largest absolute Gasteiger partial charge is 0.493 e. The molecule has 0 radical (unpaired) electrons. The van der Waals surface area contributed by atoms with E-state index in [-0.39, 0.29) is 0 Å². The summed E-state index contributed by atoms with van der Waals surface area (Å²) in [5.41, 5.74) is 4.28. The maximum Gasteiger partial charge on any atom is 0.337 e. The van der Waals surface area contributed by atoms with Gasteiger partial charge in [0.05, 0.1) is 23.6 Å². The average Bonchev–Trinajstić information content (AvgIpc) is 2.86. The van der Waals surface area contributed by atoms with Crippen molar-refractivity contribution in [3.63, 3.8) is 0 Å². The van der Waals surface area contributed by atoms with Crippen molar-refractivity contribution >= 4 is 16.7 Å². The van der Waals surface area contributed by atoms with E-state index >= 15 is 0 Å². The van der Waals surface area contributed by atoms with Crippen molar-refractivity contribution in [2.24, 2.45) is 0 Å². The molecule has 0 amide bonds. The quantitative estimate of drug-likeness (QED) is 0.348. The molecule has 178 valence electrons. The minimum atomic E-state index is -1.18. The fourth-order valence-corrected chi connectivity index (χ4v) is 4.68. The second kappa shape index (κ2) is 9.16. The summed E-state index contributed by atoms with van der Waals surface area (Å²) in [5, 5.41) is 12.0. The number of hydrogen-bond donors (Lipinski definition) is 1. The Kier molecular flexibility index (Phi) is 6.03. The number of carboxylic acid groups (broad SMARTS) is 1. The molecule has 0 saturated heterocycles. The van der Waals surface area contributed by atoms with E-state index < -0.39 is 17.7 Å². The fraction of sp³-hybridized carbons (Fsp3) is 0.267. The first kappa shape index (κ1) is 23.1. The Morgan fingerprint density at radius 2 is 1.66 bits per heavy atom. The molecule has 0 fully saturated rings. The molecule has 1 N–H and O–H groups in total. The lowest BCUT2D eigenvalue weighted by molar-refractivity contribution is -0.160. The Labute approximate surface area is 205 Å². The molecule has 0 bridgehead atoms. The second-order valence-corrected chi connectivity index (χ2v) is 9.86. The van der Waals surface area contributed by atoms with Crippen molar-refractivity contribution in [3.05, 3.63) is 83.9 Å². The van der Waals surface area contributed by atoms with Crippen molar-refractivity contribution < 1.29 is 19.4 Å². The van der Waals surface area contributed by atoms with Gasteiger partial charge in [-0.2, -0.15) is 0 Å². The molecule has 0 aliphatic carbocycles. The molecule has 35 heavy (non-hydrogen) atoms. The van der Waals surface area contributed by atoms with Crippen LogP contribution in [0.2, 0.25) is 0 Å². The maximum absolute atomic E-state index is 12.6. The highest BCUT2D eigenvalue weighted by atomic mass is 16.5. The van der Waals surface area contributed by atoms with E-state index in [0.29, 0.717) is 17.9 Å². The van der Waals surface area contributed by atoms with Crippen LogP contribution in [0.1, 0.15) is 44.4 Å². The van der Waals surface area contributed by atoms with Crippen LogP contribution in [0.5, 0.6) is 5.75 Å². The van der Waals surface area contributed by atoms with Gasteiger partial charge in [0.2, 0.25) is 0 Å². The van der Waals surface area contributed by atoms with Crippen LogP contribution in [-0.4, -0.2) is 28.3 Å². The Hall–Kier alpha value is -3.70. The molecule has 0 saturated carbocycles. The standard InChI is InChI=1S/C30H29NO4/c1-30(2,3)35-28(29(32)33)25-22-13-7-8-14-23(22)26(19-10-5-4-6-11-19)31-27(25)21-15-16-24-20(18-21)12-9-17-34-24/h4-8,10-11,13-16,18,28H,9,12,17H2,1-3H3,(H,32,33). The number of hydrogen-bond acceptors (Lipinski definition) is 4. The Morgan fingerprint density at radius 3 is 2.37 bits per heavy atom. The molecule has 0 spiro atoms. The Morgan fingerprint density at radius 1 is 0.943 bits per heavy atom. The lowest BCUT2D eigenvalue weighted by Gasteiger charge is -2.28. The van der Waals surface area contributed by atoms with Gasteiger partial charge in [-0.05, 0) is 62.8 Å². The number of nitrogens with zero attached hydrogens (tertiary/aromatic N) is 1. The summed E-state index contributed by atoms with van der Waals surface area (Å²) in [6.45, 7) is 6.32. The topological polar surface area (TPSA) is 68.7 Å². The molecule has 3 aromatic carbocycles. The summed E-state index contributed by atoms with van der Waals surface area (Å²) in [4.78, 5) is 17.8. The fourth-order valence-electron chi connectivity index (χ4n) is 4.68. The minimum absolute atomic E-state index is 0.569. The van der Waals surface area contributed by atoms with Crippen molar-refractivity contribution in [1.29, 1.82) is 0 Å². The van der Waals surface area contributed by atoms with Crippen molar-refractivity contribution in [2.45, 2.75) is 45.3 Å². The third-order valence-electron chi connectivity index (χ3n) is 6.14. The van der Waals surface area contributed by atoms with Gasteiger partial charge in [0.1, 0.15) is 5.75 Å². The molecular weight excluding hydrogens is 438 g/mol. The smallest absolute Gasteiger partial charge is 0.337 e. The predicted octanol–water partition coefficient (Wildman–Crippen LogP) is 6.83. The first-order valence-electron chi connectivity index (χ1n) is 12.0. The van der Waals surface area contributed by atoms with Crippen LogP contribution < -0.4 is 4.74 Å². The van der Waals surface area contributed by atoms with E-state index in [9.17, 15) is 9.90 Å². The Bertz CT molecular complexity index is 1390. The average molecular weight is 468 g/mol. The van der Waals surface area contributed by atoms with E-state index in [1.165, 1.54) is 0 Å². The van der Waals surface area contributed by atoms with Gasteiger partial charge >= 0.3 is 5.97 Å². The molecular formula is C30H29NO4. The highest BCUT2D eigenvalue weighted by molar-refractivity contribution is 6.02. The first-order chi connectivity index (χ1) is 16.8. The molecule has 1 atom stereocenters. The van der Waals surface area contributed by atoms with Gasteiger partial charge in [0, 0.05) is 22.1 Å². The van der Waals surface area contributed by atoms with E-state index in [2.05, 4.69) is 6.07 Å². The zero-order valence-electron chi connectivity index (χ0n) is 20.2. The summed E-state index contributed by atoms with van der Waals surface area (Å²) in [5.74, 6) is -0.159. The molecule has 5 heteroatoms. The number of carbonyl (C=O) groups is 1. The number of aromatic nitrogens is 1. The second-order valence-electron chi connectivity index (χ2n) is 9.86. The molecule has 2 heterocycles. The van der Waals surface area contributed by atoms with Gasteiger partial charge in [0.15, 0.2) is 6.10 Å². The normalized spacial score (nSPS) is 14.3. The molecule has 4 aromatic rings. The van der Waals surface area contributed by atoms with Crippen LogP contribution in [-0.2, 0) is 16.0 Å². The van der Waals surface area contributed by atoms with Gasteiger partial charge in [0.25, 0.3) is 0 Å². The summed E-state index contributed by atoms with van der Waals surface area (Å²) in [6.07, 6.45) is 0.687. The summed E-state index contributed by atoms with van der Waals surface area (Å²) in [6, 6.07) is 23.9. The zero-order valence-corrected chi connectivity index (χ0v) is 20.2. The molecule has 1 unspecified atom stereocenters. The number of carboxylic acids is 1. The van der Waals surface area contributed by atoms with Crippen molar-refractivity contribution in [3.8, 4) is 28.3 Å². The van der Waals surface area contributed by atoms with Gasteiger partial charge in [-0.15, -0.1) is 0 Å². The molecule has 5 rings (SSSR count). The van der Waals surface area contributed by atoms with E-state index in [1.807, 2.05) is 87.5 Å². The number of rotatable bonds is 5. The van der Waals surface area contributed by atoms with Crippen LogP contribution in [0.25, 0.3) is 33.3 Å². The van der Waals surface area contributed by atoms with Crippen molar-refractivity contribution in [2.75, 3.05) is 6.61 Å². The number of benzene rings is 3. The van der Waals surface area contributed by atoms with Gasteiger partial charge < -0.3 is 14.6 Å². The SMILES string of the molecule is CC(C)(C)OC(C(=O)O)c1c(-c2ccc3c(c2)CCCO3)nc(-c2ccccc2)c2ccccc12. The molecule has 5 nitrogen and oxygen atoms in total. The monoisotopic (exact) mass is 467 g/mol. The zero-order chi connectivity index (χ0) is 24.6. The Balaban J connectivity index is 1.84. The number of aryl methyl sites for hydroxylation is 1. The highest BCUT2D eigenvalue weighted by Crippen LogP contribution is 2.41. The van der Waals surface area contributed by atoms with Crippen LogP contribution >= 0.6 is 0 Å². The van der Waals surface area contributed by atoms with Crippen LogP contribution in [0.4, 0.5) is 0 Å². The predicted molar refractivity (Wildman–Crippen MR) is 138 cm³/mol. The van der Waals surface area contributed by atoms with Crippen molar-refractivity contribution in [1.82, 2.24) is 4.98 Å². The van der Waals surface area contributed by atoms with E-state index in [4.69, 9.17) is 14.5 Å². The van der Waals surface area contributed by atoms with Crippen LogP contribution in [0.3, 0.4) is 0 Å². The van der Waals surface area contributed by atoms with Crippen LogP contribution in [0.15, 0.2) is 72.8 Å². The minimum Gasteiger partial charge on any atom is -0.493 e. The highest BCUT2D eigenvalue weighted by Gasteiger charge is 2.32. The number of pyridine rings is 1. The van der Waals surface area contributed by atoms with E-state index in [0.717, 1.165) is 51.7 Å². The first-order valence-corrected chi connectivity index (χ1v) is 12.0.